The maximum atomic E-state index is 10.6. The Morgan fingerprint density at radius 3 is 2.12 bits per heavy atom. The minimum absolute atomic E-state index is 0.152. The molecule has 0 aliphatic carbocycles. The summed E-state index contributed by atoms with van der Waals surface area (Å²) in [7, 11) is 0. The van der Waals surface area contributed by atoms with Crippen molar-refractivity contribution >= 4 is 11.7 Å². The Hall–Kier alpha value is -2.43. The zero-order valence-electron chi connectivity index (χ0n) is 8.29. The van der Waals surface area contributed by atoms with Crippen LogP contribution in [0, 0.1) is 0 Å². The summed E-state index contributed by atoms with van der Waals surface area (Å²) in [5, 5.41) is 8.71. The molecule has 0 bridgehead atoms. The Morgan fingerprint density at radius 2 is 1.69 bits per heavy atom. The Morgan fingerprint density at radius 1 is 1.06 bits per heavy atom. The van der Waals surface area contributed by atoms with Gasteiger partial charge in [0.15, 0.2) is 0 Å². The zero-order valence-corrected chi connectivity index (χ0v) is 8.29. The molecule has 0 aromatic carbocycles. The quantitative estimate of drug-likeness (QED) is 0.790. The van der Waals surface area contributed by atoms with E-state index in [2.05, 4.69) is 9.97 Å². The summed E-state index contributed by atoms with van der Waals surface area (Å²) in [6.07, 6.45) is 2.83. The fourth-order valence-corrected chi connectivity index (χ4v) is 1.23. The third-order valence-corrected chi connectivity index (χ3v) is 2.06. The maximum absolute atomic E-state index is 10.6. The minimum atomic E-state index is -0.996. The zero-order chi connectivity index (χ0) is 11.5. The summed E-state index contributed by atoms with van der Waals surface area (Å²) >= 11 is 0. The molecule has 0 unspecified atom stereocenters. The second-order valence-electron chi connectivity index (χ2n) is 3.21. The van der Waals surface area contributed by atoms with E-state index in [0.29, 0.717) is 17.1 Å². The molecular weight excluding hydrogens is 206 g/mol. The van der Waals surface area contributed by atoms with Crippen molar-refractivity contribution in [1.29, 1.82) is 0 Å². The van der Waals surface area contributed by atoms with E-state index in [4.69, 9.17) is 10.8 Å². The van der Waals surface area contributed by atoms with Crippen LogP contribution in [0.3, 0.4) is 0 Å². The van der Waals surface area contributed by atoms with Crippen molar-refractivity contribution in [3.05, 3.63) is 42.2 Å². The number of carboxylic acids is 1. The van der Waals surface area contributed by atoms with E-state index in [1.807, 2.05) is 0 Å². The molecule has 0 aliphatic rings. The van der Waals surface area contributed by atoms with Crippen molar-refractivity contribution in [1.82, 2.24) is 9.97 Å². The van der Waals surface area contributed by atoms with E-state index >= 15 is 0 Å². The molecule has 2 aromatic heterocycles. The molecule has 0 saturated carbocycles. The van der Waals surface area contributed by atoms with E-state index in [1.165, 1.54) is 18.5 Å². The van der Waals surface area contributed by atoms with Gasteiger partial charge in [0.05, 0.1) is 28.8 Å². The number of rotatable bonds is 2. The molecule has 2 rings (SSSR count). The molecule has 0 fully saturated rings. The summed E-state index contributed by atoms with van der Waals surface area (Å²) in [5.41, 5.74) is 7.51. The van der Waals surface area contributed by atoms with E-state index in [1.54, 1.807) is 18.2 Å². The van der Waals surface area contributed by atoms with Gasteiger partial charge in [0.1, 0.15) is 0 Å². The van der Waals surface area contributed by atoms with Gasteiger partial charge in [-0.05, 0) is 24.3 Å². The second-order valence-corrected chi connectivity index (χ2v) is 3.21. The monoisotopic (exact) mass is 215 g/mol. The number of pyridine rings is 2. The van der Waals surface area contributed by atoms with Crippen molar-refractivity contribution in [3.8, 4) is 11.4 Å². The number of carbonyl (C=O) groups is 1. The summed E-state index contributed by atoms with van der Waals surface area (Å²) in [6.45, 7) is 0. The van der Waals surface area contributed by atoms with Crippen LogP contribution >= 0.6 is 0 Å². The molecule has 0 spiro atoms. The smallest absolute Gasteiger partial charge is 0.337 e. The van der Waals surface area contributed by atoms with Gasteiger partial charge in [-0.1, -0.05) is 0 Å². The predicted molar refractivity (Wildman–Crippen MR) is 58.8 cm³/mol. The van der Waals surface area contributed by atoms with Crippen LogP contribution in [0.1, 0.15) is 10.4 Å². The number of nitrogens with zero attached hydrogens (tertiary/aromatic N) is 2. The molecule has 0 saturated heterocycles. The highest BCUT2D eigenvalue weighted by molar-refractivity contribution is 5.87. The molecule has 2 heterocycles. The molecule has 3 N–H and O–H groups in total. The SMILES string of the molecule is Nc1ccc(-c2ccc(C(=O)O)cn2)nc1. The number of nitrogens with two attached hydrogens (primary N) is 1. The van der Waals surface area contributed by atoms with Crippen molar-refractivity contribution < 1.29 is 9.90 Å². The van der Waals surface area contributed by atoms with Crippen LogP contribution in [0.5, 0.6) is 0 Å². The largest absolute Gasteiger partial charge is 0.478 e. The second kappa shape index (κ2) is 3.98. The molecule has 0 radical (unpaired) electrons. The third-order valence-electron chi connectivity index (χ3n) is 2.06. The van der Waals surface area contributed by atoms with Gasteiger partial charge in [0.25, 0.3) is 0 Å². The highest BCUT2D eigenvalue weighted by Crippen LogP contribution is 2.15. The fraction of sp³-hybridized carbons (Fsp3) is 0. The third kappa shape index (κ3) is 1.98. The number of aromatic nitrogens is 2. The van der Waals surface area contributed by atoms with Crippen LogP contribution in [-0.4, -0.2) is 21.0 Å². The first kappa shape index (κ1) is 10.1. The summed E-state index contributed by atoms with van der Waals surface area (Å²) in [6, 6.07) is 6.55. The van der Waals surface area contributed by atoms with Crippen LogP contribution in [0.25, 0.3) is 11.4 Å². The van der Waals surface area contributed by atoms with Gasteiger partial charge >= 0.3 is 5.97 Å². The Balaban J connectivity index is 2.34. The number of nitrogen functional groups attached to an aromatic ring is 1. The van der Waals surface area contributed by atoms with Crippen LogP contribution in [0.2, 0.25) is 0 Å². The van der Waals surface area contributed by atoms with Crippen molar-refractivity contribution in [3.63, 3.8) is 0 Å². The lowest BCUT2D eigenvalue weighted by atomic mass is 10.2. The standard InChI is InChI=1S/C11H9N3O2/c12-8-2-4-10(14-6-8)9-3-1-7(5-13-9)11(15)16/h1-6H,12H2,(H,15,16). The fourth-order valence-electron chi connectivity index (χ4n) is 1.23. The maximum Gasteiger partial charge on any atom is 0.337 e. The summed E-state index contributed by atoms with van der Waals surface area (Å²) in [5.74, 6) is -0.996. The number of aromatic carboxylic acids is 1. The Labute approximate surface area is 91.6 Å². The first-order valence-corrected chi connectivity index (χ1v) is 4.58. The van der Waals surface area contributed by atoms with Crippen molar-refractivity contribution in [2.45, 2.75) is 0 Å². The molecule has 0 aliphatic heterocycles. The lowest BCUT2D eigenvalue weighted by Crippen LogP contribution is -1.97. The Kier molecular flexibility index (Phi) is 2.51. The number of hydrogen-bond acceptors (Lipinski definition) is 4. The molecule has 5 nitrogen and oxygen atoms in total. The van der Waals surface area contributed by atoms with Crippen molar-refractivity contribution in [2.75, 3.05) is 5.73 Å². The van der Waals surface area contributed by atoms with Gasteiger partial charge in [-0.15, -0.1) is 0 Å². The van der Waals surface area contributed by atoms with Crippen LogP contribution < -0.4 is 5.73 Å². The van der Waals surface area contributed by atoms with E-state index in [9.17, 15) is 4.79 Å². The van der Waals surface area contributed by atoms with Gasteiger partial charge in [0, 0.05) is 6.20 Å². The summed E-state index contributed by atoms with van der Waals surface area (Å²) in [4.78, 5) is 18.7. The molecular formula is C11H9N3O2. The molecule has 0 atom stereocenters. The van der Waals surface area contributed by atoms with Crippen LogP contribution in [0.15, 0.2) is 36.7 Å². The lowest BCUT2D eigenvalue weighted by Gasteiger charge is -2.00. The highest BCUT2D eigenvalue weighted by Gasteiger charge is 2.04. The average molecular weight is 215 g/mol. The normalized spacial score (nSPS) is 10.0. The molecule has 0 amide bonds. The van der Waals surface area contributed by atoms with Crippen molar-refractivity contribution in [2.24, 2.45) is 0 Å². The molecule has 2 aromatic rings. The first-order valence-electron chi connectivity index (χ1n) is 4.58. The van der Waals surface area contributed by atoms with E-state index in [0.717, 1.165) is 0 Å². The number of anilines is 1. The lowest BCUT2D eigenvalue weighted by molar-refractivity contribution is 0.0696. The van der Waals surface area contributed by atoms with E-state index in [-0.39, 0.29) is 5.56 Å². The first-order chi connectivity index (χ1) is 7.66. The molecule has 80 valence electrons. The van der Waals surface area contributed by atoms with Crippen LogP contribution in [0.4, 0.5) is 5.69 Å². The van der Waals surface area contributed by atoms with Gasteiger partial charge in [-0.2, -0.15) is 0 Å². The number of carboxylic acid groups (broad SMARTS) is 1. The van der Waals surface area contributed by atoms with Gasteiger partial charge in [-0.25, -0.2) is 4.79 Å². The predicted octanol–water partition coefficient (Wildman–Crippen LogP) is 1.42. The Bertz CT molecular complexity index is 506. The summed E-state index contributed by atoms with van der Waals surface area (Å²) < 4.78 is 0. The van der Waals surface area contributed by atoms with Gasteiger partial charge in [0.2, 0.25) is 0 Å². The number of hydrogen-bond donors (Lipinski definition) is 2. The molecule has 16 heavy (non-hydrogen) atoms. The topological polar surface area (TPSA) is 89.1 Å². The van der Waals surface area contributed by atoms with Crippen LogP contribution in [-0.2, 0) is 0 Å². The minimum Gasteiger partial charge on any atom is -0.478 e. The van der Waals surface area contributed by atoms with E-state index < -0.39 is 5.97 Å². The average Bonchev–Trinajstić information content (AvgIpc) is 2.30. The van der Waals surface area contributed by atoms with Gasteiger partial charge < -0.3 is 10.8 Å². The molecule has 5 heteroatoms. The highest BCUT2D eigenvalue weighted by atomic mass is 16.4. The van der Waals surface area contributed by atoms with Gasteiger partial charge in [-0.3, -0.25) is 9.97 Å².